The second-order valence-electron chi connectivity index (χ2n) is 7.25. The van der Waals surface area contributed by atoms with Crippen LogP contribution in [0.15, 0.2) is 53.5 Å². The smallest absolute Gasteiger partial charge is 0.343 e. The summed E-state index contributed by atoms with van der Waals surface area (Å²) in [4.78, 5) is 20.1. The summed E-state index contributed by atoms with van der Waals surface area (Å²) in [6, 6.07) is 14.3. The van der Waals surface area contributed by atoms with Crippen LogP contribution < -0.4 is 4.90 Å². The van der Waals surface area contributed by atoms with E-state index in [0.717, 1.165) is 31.4 Å². The molecule has 0 N–H and O–H groups in total. The van der Waals surface area contributed by atoms with Crippen molar-refractivity contribution in [2.75, 3.05) is 11.4 Å². The monoisotopic (exact) mass is 350 g/mol. The minimum Gasteiger partial charge on any atom is -0.405 e. The fraction of sp³-hybridized carbons (Fsp3) is 0.333. The van der Waals surface area contributed by atoms with Gasteiger partial charge < -0.3 is 9.64 Å². The zero-order valence-corrected chi connectivity index (χ0v) is 14.3. The maximum absolute atomic E-state index is 13.6. The number of hydrogen-bond acceptors (Lipinski definition) is 4. The third-order valence-electron chi connectivity index (χ3n) is 5.73. The van der Waals surface area contributed by atoms with E-state index in [1.165, 1.54) is 17.8 Å². The molecule has 0 radical (unpaired) electrons. The van der Waals surface area contributed by atoms with Gasteiger partial charge in [0.2, 0.25) is 5.90 Å². The van der Waals surface area contributed by atoms with Crippen molar-refractivity contribution in [3.05, 3.63) is 65.5 Å². The van der Waals surface area contributed by atoms with Crippen molar-refractivity contribution in [3.8, 4) is 0 Å². The van der Waals surface area contributed by atoms with E-state index < -0.39 is 5.54 Å². The van der Waals surface area contributed by atoms with Gasteiger partial charge in [0.05, 0.1) is 6.04 Å². The van der Waals surface area contributed by atoms with Crippen molar-refractivity contribution < 1.29 is 13.9 Å². The van der Waals surface area contributed by atoms with Crippen molar-refractivity contribution in [3.63, 3.8) is 0 Å². The van der Waals surface area contributed by atoms with Gasteiger partial charge in [0.15, 0.2) is 5.54 Å². The van der Waals surface area contributed by atoms with Crippen molar-refractivity contribution in [2.24, 2.45) is 4.99 Å². The number of halogens is 1. The topological polar surface area (TPSA) is 41.9 Å². The van der Waals surface area contributed by atoms with Crippen LogP contribution in [0.1, 0.15) is 30.4 Å². The lowest BCUT2D eigenvalue weighted by atomic mass is 9.75. The molecule has 3 aliphatic rings. The number of aliphatic imine (C=N–C) groups is 1. The first-order valence-corrected chi connectivity index (χ1v) is 9.10. The van der Waals surface area contributed by atoms with Crippen LogP contribution >= 0.6 is 0 Å². The normalized spacial score (nSPS) is 27.0. The van der Waals surface area contributed by atoms with Gasteiger partial charge in [-0.15, -0.1) is 0 Å². The maximum Gasteiger partial charge on any atom is 0.343 e. The van der Waals surface area contributed by atoms with E-state index in [4.69, 9.17) is 9.73 Å². The number of esters is 1. The van der Waals surface area contributed by atoms with Crippen LogP contribution in [0.5, 0.6) is 0 Å². The van der Waals surface area contributed by atoms with Gasteiger partial charge in [0.25, 0.3) is 0 Å². The molecule has 2 aromatic rings. The van der Waals surface area contributed by atoms with Gasteiger partial charge >= 0.3 is 5.97 Å². The number of anilines is 1. The summed E-state index contributed by atoms with van der Waals surface area (Å²) >= 11 is 0. The second kappa shape index (κ2) is 5.66. The van der Waals surface area contributed by atoms with E-state index in [0.29, 0.717) is 12.0 Å². The van der Waals surface area contributed by atoms with Crippen molar-refractivity contribution >= 4 is 17.6 Å². The molecule has 0 aromatic heterocycles. The highest BCUT2D eigenvalue weighted by molar-refractivity contribution is 6.09. The summed E-state index contributed by atoms with van der Waals surface area (Å²) in [5.41, 5.74) is 1.89. The Bertz CT molecular complexity index is 926. The largest absolute Gasteiger partial charge is 0.405 e. The number of cyclic esters (lactones) is 1. The standard InChI is InChI=1S/C21H19FN2O2/c22-16-8-5-7-14(12-16)19-23-21(20(25)26-19)13-15-6-1-2-9-17(15)24-11-4-3-10-18(21)24/h1-2,5-9,12,18H,3-4,10-11,13H2/t18-,21-/m1/s1. The molecule has 4 nitrogen and oxygen atoms in total. The maximum atomic E-state index is 13.6. The Morgan fingerprint density at radius 3 is 2.92 bits per heavy atom. The minimum absolute atomic E-state index is 0.00953. The number of piperidine rings is 1. The highest BCUT2D eigenvalue weighted by atomic mass is 19.1. The molecular weight excluding hydrogens is 331 g/mol. The SMILES string of the molecule is O=C1OC(c2cccc(F)c2)=N[C@@]12Cc1ccccc1N1CCCC[C@@H]12. The second-order valence-corrected chi connectivity index (χ2v) is 7.25. The molecule has 2 atom stereocenters. The van der Waals surface area contributed by atoms with Crippen LogP contribution in [-0.2, 0) is 16.0 Å². The Hall–Kier alpha value is -2.69. The Morgan fingerprint density at radius 2 is 2.04 bits per heavy atom. The number of ether oxygens (including phenoxy) is 1. The van der Waals surface area contributed by atoms with Crippen molar-refractivity contribution in [1.29, 1.82) is 0 Å². The number of hydrogen-bond donors (Lipinski definition) is 0. The summed E-state index contributed by atoms with van der Waals surface area (Å²) in [5.74, 6) is -0.446. The van der Waals surface area contributed by atoms with Crippen LogP contribution in [0.2, 0.25) is 0 Å². The number of carbonyl (C=O) groups excluding carboxylic acids is 1. The number of fused-ring (bicyclic) bond motifs is 4. The molecule has 132 valence electrons. The molecule has 26 heavy (non-hydrogen) atoms. The van der Waals surface area contributed by atoms with E-state index >= 15 is 0 Å². The molecular formula is C21H19FN2O2. The lowest BCUT2D eigenvalue weighted by molar-refractivity contribution is -0.140. The van der Waals surface area contributed by atoms with Gasteiger partial charge in [0, 0.05) is 24.2 Å². The first-order valence-electron chi connectivity index (χ1n) is 9.10. The predicted octanol–water partition coefficient (Wildman–Crippen LogP) is 3.48. The fourth-order valence-electron chi connectivity index (χ4n) is 4.56. The highest BCUT2D eigenvalue weighted by Gasteiger charge is 2.57. The Labute approximate surface area is 151 Å². The zero-order chi connectivity index (χ0) is 17.7. The van der Waals surface area contributed by atoms with Crippen LogP contribution in [0.25, 0.3) is 0 Å². The lowest BCUT2D eigenvalue weighted by Crippen LogP contribution is -2.61. The van der Waals surface area contributed by atoms with Crippen LogP contribution in [0.3, 0.4) is 0 Å². The first kappa shape index (κ1) is 15.6. The highest BCUT2D eigenvalue weighted by Crippen LogP contribution is 2.45. The summed E-state index contributed by atoms with van der Waals surface area (Å²) in [6.45, 7) is 0.918. The molecule has 3 aliphatic heterocycles. The van der Waals surface area contributed by atoms with Crippen molar-refractivity contribution in [1.82, 2.24) is 0 Å². The van der Waals surface area contributed by atoms with Gasteiger partial charge in [-0.2, -0.15) is 0 Å². The molecule has 1 saturated heterocycles. The van der Waals surface area contributed by atoms with Crippen LogP contribution in [0.4, 0.5) is 10.1 Å². The van der Waals surface area contributed by atoms with Gasteiger partial charge in [0.1, 0.15) is 5.82 Å². The van der Waals surface area contributed by atoms with E-state index in [1.807, 2.05) is 12.1 Å². The van der Waals surface area contributed by atoms with Gasteiger partial charge in [-0.05, 0) is 49.1 Å². The molecule has 1 spiro atoms. The molecule has 5 rings (SSSR count). The molecule has 0 unspecified atom stereocenters. The van der Waals surface area contributed by atoms with Gasteiger partial charge in [-0.1, -0.05) is 24.3 Å². The average molecular weight is 350 g/mol. The summed E-state index contributed by atoms with van der Waals surface area (Å²) < 4.78 is 19.2. The Morgan fingerprint density at radius 1 is 1.15 bits per heavy atom. The Kier molecular flexibility index (Phi) is 3.39. The molecule has 0 bridgehead atoms. The third kappa shape index (κ3) is 2.19. The van der Waals surface area contributed by atoms with Crippen LogP contribution in [0, 0.1) is 5.82 Å². The first-order chi connectivity index (χ1) is 12.7. The Balaban J connectivity index is 1.64. The number of benzene rings is 2. The van der Waals surface area contributed by atoms with E-state index in [1.54, 1.807) is 12.1 Å². The lowest BCUT2D eigenvalue weighted by Gasteiger charge is -2.48. The van der Waals surface area contributed by atoms with Gasteiger partial charge in [-0.25, -0.2) is 14.2 Å². The molecule has 0 amide bonds. The zero-order valence-electron chi connectivity index (χ0n) is 14.3. The summed E-state index contributed by atoms with van der Waals surface area (Å²) in [5, 5.41) is 0. The molecule has 5 heteroatoms. The third-order valence-corrected chi connectivity index (χ3v) is 5.73. The quantitative estimate of drug-likeness (QED) is 0.740. The van der Waals surface area contributed by atoms with E-state index in [-0.39, 0.29) is 23.7 Å². The minimum atomic E-state index is -0.934. The number of nitrogens with zero attached hydrogens (tertiary/aromatic N) is 2. The molecule has 2 aromatic carbocycles. The molecule has 0 aliphatic carbocycles. The average Bonchev–Trinajstić information content (AvgIpc) is 2.99. The van der Waals surface area contributed by atoms with Crippen LogP contribution in [-0.4, -0.2) is 30.0 Å². The fourth-order valence-corrected chi connectivity index (χ4v) is 4.56. The van der Waals surface area contributed by atoms with Crippen molar-refractivity contribution in [2.45, 2.75) is 37.3 Å². The van der Waals surface area contributed by atoms with Gasteiger partial charge in [-0.3, -0.25) is 0 Å². The molecule has 3 heterocycles. The molecule has 0 saturated carbocycles. The van der Waals surface area contributed by atoms with E-state index in [9.17, 15) is 9.18 Å². The predicted molar refractivity (Wildman–Crippen MR) is 96.9 cm³/mol. The number of rotatable bonds is 1. The number of para-hydroxylation sites is 1. The number of carbonyl (C=O) groups is 1. The van der Waals surface area contributed by atoms with E-state index in [2.05, 4.69) is 17.0 Å². The summed E-state index contributed by atoms with van der Waals surface area (Å²) in [6.07, 6.45) is 3.62. The molecule has 1 fully saturated rings. The summed E-state index contributed by atoms with van der Waals surface area (Å²) in [7, 11) is 0.